The van der Waals surface area contributed by atoms with Crippen LogP contribution in [0.3, 0.4) is 0 Å². The number of halogens is 1. The lowest BCUT2D eigenvalue weighted by Gasteiger charge is -1.99. The smallest absolute Gasteiger partial charge is 0.306 e. The third kappa shape index (κ3) is 4.04. The largest absolute Gasteiger partial charge is 0.466 e. The van der Waals surface area contributed by atoms with Crippen molar-refractivity contribution in [2.24, 2.45) is 0 Å². The molecule has 0 saturated carbocycles. The van der Waals surface area contributed by atoms with Gasteiger partial charge in [-0.1, -0.05) is 23.7 Å². The second-order valence-electron chi connectivity index (χ2n) is 3.96. The maximum atomic E-state index is 11.3. The third-order valence-corrected chi connectivity index (χ3v) is 3.73. The average molecular weight is 296 g/mol. The Morgan fingerprint density at radius 1 is 1.37 bits per heavy atom. The molecule has 1 aromatic heterocycles. The zero-order valence-corrected chi connectivity index (χ0v) is 12.1. The summed E-state index contributed by atoms with van der Waals surface area (Å²) in [5, 5.41) is 3.63. The Hall–Kier alpha value is -1.39. The minimum atomic E-state index is -0.177. The summed E-state index contributed by atoms with van der Waals surface area (Å²) in [7, 11) is 0. The molecule has 0 aliphatic heterocycles. The van der Waals surface area contributed by atoms with Gasteiger partial charge in [0.15, 0.2) is 0 Å². The van der Waals surface area contributed by atoms with E-state index >= 15 is 0 Å². The molecule has 0 N–H and O–H groups in total. The van der Waals surface area contributed by atoms with Crippen LogP contribution in [0.4, 0.5) is 0 Å². The van der Waals surface area contributed by atoms with Crippen LogP contribution in [-0.2, 0) is 16.0 Å². The molecule has 19 heavy (non-hydrogen) atoms. The summed E-state index contributed by atoms with van der Waals surface area (Å²) in [6.07, 6.45) is 0.987. The number of carbonyl (C=O) groups excluding carboxylic acids is 1. The Balaban J connectivity index is 1.99. The molecule has 0 saturated heterocycles. The van der Waals surface area contributed by atoms with Gasteiger partial charge in [0, 0.05) is 22.4 Å². The van der Waals surface area contributed by atoms with Gasteiger partial charge in [0.25, 0.3) is 0 Å². The van der Waals surface area contributed by atoms with Crippen molar-refractivity contribution in [1.29, 1.82) is 0 Å². The Morgan fingerprint density at radius 3 is 2.79 bits per heavy atom. The highest BCUT2D eigenvalue weighted by molar-refractivity contribution is 7.13. The minimum Gasteiger partial charge on any atom is -0.466 e. The Kier molecular flexibility index (Phi) is 4.93. The summed E-state index contributed by atoms with van der Waals surface area (Å²) >= 11 is 7.42. The molecule has 0 unspecified atom stereocenters. The van der Waals surface area contributed by atoms with Crippen molar-refractivity contribution < 1.29 is 9.53 Å². The Morgan fingerprint density at radius 2 is 2.11 bits per heavy atom. The van der Waals surface area contributed by atoms with Gasteiger partial charge < -0.3 is 4.74 Å². The Bertz CT molecular complexity index is 551. The van der Waals surface area contributed by atoms with Crippen LogP contribution < -0.4 is 0 Å². The van der Waals surface area contributed by atoms with Crippen molar-refractivity contribution in [3.8, 4) is 10.6 Å². The summed E-state index contributed by atoms with van der Waals surface area (Å²) in [5.41, 5.74) is 1.96. The van der Waals surface area contributed by atoms with Crippen LogP contribution in [0.1, 0.15) is 19.0 Å². The zero-order chi connectivity index (χ0) is 13.7. The molecule has 100 valence electrons. The van der Waals surface area contributed by atoms with E-state index in [2.05, 4.69) is 4.98 Å². The van der Waals surface area contributed by atoms with Crippen LogP contribution in [-0.4, -0.2) is 17.6 Å². The number of esters is 1. The number of nitrogens with zero attached hydrogens (tertiary/aromatic N) is 1. The SMILES string of the molecule is CCOC(=O)CCc1csc(-c2ccc(Cl)cc2)n1. The monoisotopic (exact) mass is 295 g/mol. The van der Waals surface area contributed by atoms with E-state index < -0.39 is 0 Å². The number of aryl methyl sites for hydroxylation is 1. The number of hydrogen-bond acceptors (Lipinski definition) is 4. The molecule has 0 bridgehead atoms. The number of rotatable bonds is 5. The molecule has 0 fully saturated rings. The van der Waals surface area contributed by atoms with Crippen LogP contribution in [0.2, 0.25) is 5.02 Å². The second-order valence-corrected chi connectivity index (χ2v) is 5.25. The molecule has 0 aliphatic rings. The number of thiazole rings is 1. The van der Waals surface area contributed by atoms with E-state index in [-0.39, 0.29) is 5.97 Å². The van der Waals surface area contributed by atoms with Crippen molar-refractivity contribution in [3.63, 3.8) is 0 Å². The van der Waals surface area contributed by atoms with Gasteiger partial charge in [-0.3, -0.25) is 4.79 Å². The van der Waals surface area contributed by atoms with Crippen molar-refractivity contribution in [1.82, 2.24) is 4.98 Å². The summed E-state index contributed by atoms with van der Waals surface area (Å²) < 4.78 is 4.89. The van der Waals surface area contributed by atoms with Gasteiger partial charge in [-0.15, -0.1) is 11.3 Å². The van der Waals surface area contributed by atoms with Gasteiger partial charge in [-0.2, -0.15) is 0 Å². The van der Waals surface area contributed by atoms with E-state index in [4.69, 9.17) is 16.3 Å². The standard InChI is InChI=1S/C14H14ClNO2S/c1-2-18-13(17)8-7-12-9-19-14(16-12)10-3-5-11(15)6-4-10/h3-6,9H,2,7-8H2,1H3. The topological polar surface area (TPSA) is 39.2 Å². The normalized spacial score (nSPS) is 10.4. The van der Waals surface area contributed by atoms with Gasteiger partial charge in [-0.05, 0) is 19.1 Å². The van der Waals surface area contributed by atoms with E-state index in [0.29, 0.717) is 24.5 Å². The van der Waals surface area contributed by atoms with Gasteiger partial charge in [0.1, 0.15) is 5.01 Å². The maximum Gasteiger partial charge on any atom is 0.306 e. The lowest BCUT2D eigenvalue weighted by molar-refractivity contribution is -0.143. The molecule has 5 heteroatoms. The highest BCUT2D eigenvalue weighted by Crippen LogP contribution is 2.25. The first-order valence-electron chi connectivity index (χ1n) is 6.05. The highest BCUT2D eigenvalue weighted by Gasteiger charge is 2.07. The number of hydrogen-bond donors (Lipinski definition) is 0. The molecule has 0 aliphatic carbocycles. The number of ether oxygens (including phenoxy) is 1. The van der Waals surface area contributed by atoms with E-state index in [1.165, 1.54) is 0 Å². The molecule has 0 atom stereocenters. The van der Waals surface area contributed by atoms with E-state index in [1.807, 2.05) is 29.6 Å². The first kappa shape index (κ1) is 14.0. The van der Waals surface area contributed by atoms with Crippen LogP contribution in [0.25, 0.3) is 10.6 Å². The van der Waals surface area contributed by atoms with Gasteiger partial charge >= 0.3 is 5.97 Å². The molecule has 1 aromatic carbocycles. The van der Waals surface area contributed by atoms with Gasteiger partial charge in [0.05, 0.1) is 18.7 Å². The average Bonchev–Trinajstić information content (AvgIpc) is 2.86. The highest BCUT2D eigenvalue weighted by atomic mass is 35.5. The van der Waals surface area contributed by atoms with Crippen LogP contribution >= 0.6 is 22.9 Å². The van der Waals surface area contributed by atoms with Crippen molar-refractivity contribution in [2.45, 2.75) is 19.8 Å². The minimum absolute atomic E-state index is 0.177. The molecule has 0 radical (unpaired) electrons. The second kappa shape index (κ2) is 6.68. The van der Waals surface area contributed by atoms with Crippen molar-refractivity contribution in [2.75, 3.05) is 6.61 Å². The fourth-order valence-electron chi connectivity index (χ4n) is 1.61. The molecule has 0 spiro atoms. The van der Waals surface area contributed by atoms with E-state index in [9.17, 15) is 4.79 Å². The molecule has 2 aromatic rings. The fourth-order valence-corrected chi connectivity index (χ4v) is 2.60. The van der Waals surface area contributed by atoms with Gasteiger partial charge in [-0.25, -0.2) is 4.98 Å². The maximum absolute atomic E-state index is 11.3. The molecular formula is C14H14ClNO2S. The summed E-state index contributed by atoms with van der Waals surface area (Å²) in [4.78, 5) is 15.8. The molecule has 1 heterocycles. The molecular weight excluding hydrogens is 282 g/mol. The number of benzene rings is 1. The van der Waals surface area contributed by atoms with Crippen LogP contribution in [0, 0.1) is 0 Å². The molecule has 0 amide bonds. The third-order valence-electron chi connectivity index (χ3n) is 2.53. The van der Waals surface area contributed by atoms with E-state index in [0.717, 1.165) is 16.3 Å². The van der Waals surface area contributed by atoms with Crippen LogP contribution in [0.15, 0.2) is 29.6 Å². The summed E-state index contributed by atoms with van der Waals surface area (Å²) in [6, 6.07) is 7.57. The lowest BCUT2D eigenvalue weighted by atomic mass is 10.2. The number of carbonyl (C=O) groups is 1. The first-order chi connectivity index (χ1) is 9.19. The lowest BCUT2D eigenvalue weighted by Crippen LogP contribution is -2.05. The molecule has 2 rings (SSSR count). The fraction of sp³-hybridized carbons (Fsp3) is 0.286. The predicted octanol–water partition coefficient (Wildman–Crippen LogP) is 3.96. The van der Waals surface area contributed by atoms with Crippen molar-refractivity contribution >= 4 is 28.9 Å². The predicted molar refractivity (Wildman–Crippen MR) is 77.5 cm³/mol. The summed E-state index contributed by atoms with van der Waals surface area (Å²) in [5.74, 6) is -0.177. The van der Waals surface area contributed by atoms with Crippen LogP contribution in [0.5, 0.6) is 0 Å². The van der Waals surface area contributed by atoms with E-state index in [1.54, 1.807) is 18.3 Å². The van der Waals surface area contributed by atoms with Gasteiger partial charge in [0.2, 0.25) is 0 Å². The number of aromatic nitrogens is 1. The first-order valence-corrected chi connectivity index (χ1v) is 7.30. The zero-order valence-electron chi connectivity index (χ0n) is 10.6. The van der Waals surface area contributed by atoms with Crippen molar-refractivity contribution in [3.05, 3.63) is 40.4 Å². The summed E-state index contributed by atoms with van der Waals surface area (Å²) in [6.45, 7) is 2.23. The quantitative estimate of drug-likeness (QED) is 0.784. The molecule has 3 nitrogen and oxygen atoms in total. The Labute approximate surface area is 121 Å².